The molecule has 3 heterocycles. The van der Waals surface area contributed by atoms with Crippen molar-refractivity contribution in [2.24, 2.45) is 5.41 Å². The van der Waals surface area contributed by atoms with Crippen LogP contribution in [-0.4, -0.2) is 58.5 Å². The van der Waals surface area contributed by atoms with Crippen LogP contribution < -0.4 is 0 Å². The second kappa shape index (κ2) is 6.14. The number of rotatable bonds is 4. The molecule has 130 valence electrons. The molecule has 2 fully saturated rings. The van der Waals surface area contributed by atoms with Gasteiger partial charge in [-0.2, -0.15) is 0 Å². The number of aryl methyl sites for hydroxylation is 2. The summed E-state index contributed by atoms with van der Waals surface area (Å²) in [4.78, 5) is 6.88. The standard InChI is InChI=1S/C19H27N3O2/c1-14-7-17-18(8-15(14)2)22(13-20-17)10-16(23)9-21-5-3-19(11-21)4-6-24-12-19/h7-8,13,16,23H,3-6,9-12H2,1-2H3. The maximum absolute atomic E-state index is 10.6. The van der Waals surface area contributed by atoms with Crippen LogP contribution >= 0.6 is 0 Å². The Morgan fingerprint density at radius 1 is 1.25 bits per heavy atom. The molecule has 24 heavy (non-hydrogen) atoms. The quantitative estimate of drug-likeness (QED) is 0.933. The number of hydrogen-bond donors (Lipinski definition) is 1. The van der Waals surface area contributed by atoms with Gasteiger partial charge in [0.15, 0.2) is 0 Å². The second-order valence-corrected chi connectivity index (χ2v) is 7.76. The highest BCUT2D eigenvalue weighted by molar-refractivity contribution is 5.77. The maximum atomic E-state index is 10.6. The Hall–Kier alpha value is -1.43. The Balaban J connectivity index is 1.41. The number of β-amino-alcohol motifs (C(OH)–C–C–N with tert-alkyl or cyclic N) is 1. The Labute approximate surface area is 143 Å². The number of aliphatic hydroxyl groups excluding tert-OH is 1. The molecule has 2 aromatic rings. The smallest absolute Gasteiger partial charge is 0.0959 e. The third kappa shape index (κ3) is 2.96. The highest BCUT2D eigenvalue weighted by atomic mass is 16.5. The van der Waals surface area contributed by atoms with E-state index in [0.717, 1.165) is 43.9 Å². The first-order valence-electron chi connectivity index (χ1n) is 8.95. The number of benzene rings is 1. The summed E-state index contributed by atoms with van der Waals surface area (Å²) in [6.45, 7) is 9.48. The van der Waals surface area contributed by atoms with E-state index < -0.39 is 0 Å². The summed E-state index contributed by atoms with van der Waals surface area (Å²) in [5.41, 5.74) is 5.00. The van der Waals surface area contributed by atoms with Gasteiger partial charge < -0.3 is 19.3 Å². The summed E-state index contributed by atoms with van der Waals surface area (Å²) in [7, 11) is 0. The summed E-state index contributed by atoms with van der Waals surface area (Å²) >= 11 is 0. The molecule has 0 aliphatic carbocycles. The fraction of sp³-hybridized carbons (Fsp3) is 0.632. The zero-order valence-electron chi connectivity index (χ0n) is 14.7. The first-order valence-corrected chi connectivity index (χ1v) is 8.95. The molecule has 5 heteroatoms. The van der Waals surface area contributed by atoms with Crippen LogP contribution in [0.3, 0.4) is 0 Å². The molecule has 1 N–H and O–H groups in total. The SMILES string of the molecule is Cc1cc2ncn(CC(O)CN3CCC4(CCOC4)C3)c2cc1C. The van der Waals surface area contributed by atoms with Gasteiger partial charge in [0.1, 0.15) is 0 Å². The van der Waals surface area contributed by atoms with E-state index in [1.165, 1.54) is 24.0 Å². The van der Waals surface area contributed by atoms with Crippen molar-refractivity contribution < 1.29 is 9.84 Å². The molecule has 1 aromatic heterocycles. The van der Waals surface area contributed by atoms with Gasteiger partial charge in [0.25, 0.3) is 0 Å². The first kappa shape index (κ1) is 16.1. The minimum absolute atomic E-state index is 0.357. The summed E-state index contributed by atoms with van der Waals surface area (Å²) in [6.07, 6.45) is 3.85. The van der Waals surface area contributed by atoms with Gasteiger partial charge in [-0.25, -0.2) is 4.98 Å². The molecule has 1 spiro atoms. The van der Waals surface area contributed by atoms with Crippen LogP contribution in [0.5, 0.6) is 0 Å². The molecule has 5 nitrogen and oxygen atoms in total. The van der Waals surface area contributed by atoms with Crippen LogP contribution in [0.25, 0.3) is 11.0 Å². The van der Waals surface area contributed by atoms with Gasteiger partial charge in [0.05, 0.1) is 36.6 Å². The lowest BCUT2D eigenvalue weighted by Crippen LogP contribution is -2.35. The summed E-state index contributed by atoms with van der Waals surface area (Å²) in [5.74, 6) is 0. The van der Waals surface area contributed by atoms with Gasteiger partial charge in [-0.1, -0.05) is 0 Å². The molecule has 0 radical (unpaired) electrons. The fourth-order valence-electron chi connectivity index (χ4n) is 4.20. The third-order valence-corrected chi connectivity index (χ3v) is 5.82. The average Bonchev–Trinajstić information content (AvgIpc) is 3.25. The zero-order chi connectivity index (χ0) is 16.7. The Bertz CT molecular complexity index is 734. The van der Waals surface area contributed by atoms with Gasteiger partial charge in [-0.05, 0) is 56.5 Å². The molecule has 1 aromatic carbocycles. The van der Waals surface area contributed by atoms with Crippen LogP contribution in [0, 0.1) is 19.3 Å². The summed E-state index contributed by atoms with van der Waals surface area (Å²) in [5, 5.41) is 10.6. The molecule has 2 atom stereocenters. The van der Waals surface area contributed by atoms with E-state index in [1.807, 2.05) is 6.33 Å². The number of nitrogens with zero attached hydrogens (tertiary/aromatic N) is 3. The van der Waals surface area contributed by atoms with Crippen LogP contribution in [-0.2, 0) is 11.3 Å². The molecule has 0 bridgehead atoms. The van der Waals surface area contributed by atoms with E-state index in [1.54, 1.807) is 0 Å². The molecular formula is C19H27N3O2. The van der Waals surface area contributed by atoms with Crippen molar-refractivity contribution in [2.45, 2.75) is 39.3 Å². The van der Waals surface area contributed by atoms with Crippen LogP contribution in [0.2, 0.25) is 0 Å². The lowest BCUT2D eigenvalue weighted by Gasteiger charge is -2.24. The Morgan fingerprint density at radius 2 is 2.08 bits per heavy atom. The second-order valence-electron chi connectivity index (χ2n) is 7.76. The molecule has 4 rings (SSSR count). The number of aliphatic hydroxyl groups is 1. The van der Waals surface area contributed by atoms with Crippen molar-refractivity contribution >= 4 is 11.0 Å². The molecule has 2 unspecified atom stereocenters. The minimum Gasteiger partial charge on any atom is -0.390 e. The summed E-state index contributed by atoms with van der Waals surface area (Å²) in [6, 6.07) is 4.29. The number of likely N-dealkylation sites (tertiary alicyclic amines) is 1. The minimum atomic E-state index is -0.374. The van der Waals surface area contributed by atoms with Crippen LogP contribution in [0.15, 0.2) is 18.5 Å². The number of hydrogen-bond acceptors (Lipinski definition) is 4. The molecule has 0 saturated carbocycles. The zero-order valence-corrected chi connectivity index (χ0v) is 14.7. The van der Waals surface area contributed by atoms with Crippen molar-refractivity contribution in [1.82, 2.24) is 14.5 Å². The Morgan fingerprint density at radius 3 is 2.88 bits per heavy atom. The van der Waals surface area contributed by atoms with E-state index in [-0.39, 0.29) is 6.10 Å². The van der Waals surface area contributed by atoms with Crippen molar-refractivity contribution in [3.8, 4) is 0 Å². The van der Waals surface area contributed by atoms with Gasteiger partial charge in [0, 0.05) is 25.1 Å². The van der Waals surface area contributed by atoms with Crippen molar-refractivity contribution in [3.05, 3.63) is 29.6 Å². The maximum Gasteiger partial charge on any atom is 0.0959 e. The molecule has 0 amide bonds. The van der Waals surface area contributed by atoms with Gasteiger partial charge in [-0.15, -0.1) is 0 Å². The highest BCUT2D eigenvalue weighted by Crippen LogP contribution is 2.38. The number of ether oxygens (including phenoxy) is 1. The van der Waals surface area contributed by atoms with E-state index in [2.05, 4.69) is 40.4 Å². The first-order chi connectivity index (χ1) is 11.5. The van der Waals surface area contributed by atoms with E-state index in [0.29, 0.717) is 12.0 Å². The number of imidazole rings is 1. The Kier molecular flexibility index (Phi) is 4.11. The summed E-state index contributed by atoms with van der Waals surface area (Å²) < 4.78 is 7.67. The van der Waals surface area contributed by atoms with Crippen LogP contribution in [0.4, 0.5) is 0 Å². The third-order valence-electron chi connectivity index (χ3n) is 5.82. The molecule has 2 aliphatic heterocycles. The molecular weight excluding hydrogens is 302 g/mol. The van der Waals surface area contributed by atoms with Gasteiger partial charge >= 0.3 is 0 Å². The lowest BCUT2D eigenvalue weighted by atomic mass is 9.87. The highest BCUT2D eigenvalue weighted by Gasteiger charge is 2.41. The fourth-order valence-corrected chi connectivity index (χ4v) is 4.20. The normalized spacial score (nSPS) is 26.0. The number of aromatic nitrogens is 2. The average molecular weight is 329 g/mol. The van der Waals surface area contributed by atoms with E-state index in [9.17, 15) is 5.11 Å². The van der Waals surface area contributed by atoms with Gasteiger partial charge in [-0.3, -0.25) is 0 Å². The number of fused-ring (bicyclic) bond motifs is 1. The van der Waals surface area contributed by atoms with Crippen molar-refractivity contribution in [2.75, 3.05) is 32.8 Å². The van der Waals surface area contributed by atoms with E-state index >= 15 is 0 Å². The van der Waals surface area contributed by atoms with Gasteiger partial charge in [0.2, 0.25) is 0 Å². The lowest BCUT2D eigenvalue weighted by molar-refractivity contribution is 0.0998. The predicted octanol–water partition coefficient (Wildman–Crippen LogP) is 2.13. The monoisotopic (exact) mass is 329 g/mol. The molecule has 2 aliphatic rings. The largest absolute Gasteiger partial charge is 0.390 e. The van der Waals surface area contributed by atoms with Crippen LogP contribution in [0.1, 0.15) is 24.0 Å². The predicted molar refractivity (Wildman–Crippen MR) is 94.1 cm³/mol. The topological polar surface area (TPSA) is 50.5 Å². The van der Waals surface area contributed by atoms with E-state index in [4.69, 9.17) is 4.74 Å². The van der Waals surface area contributed by atoms with Crippen molar-refractivity contribution in [1.29, 1.82) is 0 Å². The molecule has 2 saturated heterocycles. The van der Waals surface area contributed by atoms with Crippen molar-refractivity contribution in [3.63, 3.8) is 0 Å².